The third kappa shape index (κ3) is 4.79. The third-order valence-corrected chi connectivity index (χ3v) is 4.51. The van der Waals surface area contributed by atoms with Crippen molar-refractivity contribution in [3.05, 3.63) is 0 Å². The van der Waals surface area contributed by atoms with Gasteiger partial charge < -0.3 is 10.6 Å². The van der Waals surface area contributed by atoms with Crippen LogP contribution < -0.4 is 5.73 Å². The van der Waals surface area contributed by atoms with E-state index in [0.717, 1.165) is 31.7 Å². The molecule has 0 aromatic rings. The quantitative estimate of drug-likeness (QED) is 0.833. The van der Waals surface area contributed by atoms with Crippen molar-refractivity contribution in [2.75, 3.05) is 19.6 Å². The molecular formula is C16H32N2O. The van der Waals surface area contributed by atoms with Crippen molar-refractivity contribution in [1.82, 2.24) is 4.90 Å². The Morgan fingerprint density at radius 3 is 2.16 bits per heavy atom. The lowest BCUT2D eigenvalue weighted by atomic mass is 9.69. The van der Waals surface area contributed by atoms with Crippen molar-refractivity contribution >= 4 is 5.91 Å². The third-order valence-electron chi connectivity index (χ3n) is 4.51. The molecule has 19 heavy (non-hydrogen) atoms. The predicted octanol–water partition coefficient (Wildman–Crippen LogP) is 3.04. The Bertz CT molecular complexity index is 269. The average molecular weight is 268 g/mol. The molecule has 1 aliphatic rings. The van der Waals surface area contributed by atoms with Gasteiger partial charge in [0.05, 0.1) is 0 Å². The first-order valence-electron chi connectivity index (χ1n) is 7.89. The Morgan fingerprint density at radius 1 is 1.16 bits per heavy atom. The van der Waals surface area contributed by atoms with Gasteiger partial charge in [-0.3, -0.25) is 4.79 Å². The van der Waals surface area contributed by atoms with Gasteiger partial charge in [0, 0.05) is 25.6 Å². The first kappa shape index (κ1) is 16.5. The maximum atomic E-state index is 12.5. The van der Waals surface area contributed by atoms with Gasteiger partial charge >= 0.3 is 0 Å². The lowest BCUT2D eigenvalue weighted by Crippen LogP contribution is -2.41. The molecule has 3 nitrogen and oxygen atoms in total. The van der Waals surface area contributed by atoms with Gasteiger partial charge in [0.1, 0.15) is 0 Å². The van der Waals surface area contributed by atoms with Gasteiger partial charge in [-0.1, -0.05) is 27.7 Å². The van der Waals surface area contributed by atoms with E-state index < -0.39 is 0 Å². The van der Waals surface area contributed by atoms with Gasteiger partial charge in [0.25, 0.3) is 0 Å². The van der Waals surface area contributed by atoms with Crippen LogP contribution in [0.4, 0.5) is 0 Å². The van der Waals surface area contributed by atoms with Crippen LogP contribution in [0.1, 0.15) is 59.8 Å². The predicted molar refractivity (Wildman–Crippen MR) is 80.8 cm³/mol. The monoisotopic (exact) mass is 268 g/mol. The van der Waals surface area contributed by atoms with Crippen LogP contribution in [0.15, 0.2) is 0 Å². The molecule has 0 spiro atoms. The van der Waals surface area contributed by atoms with Gasteiger partial charge in [-0.25, -0.2) is 0 Å². The average Bonchev–Trinajstić information content (AvgIpc) is 2.37. The van der Waals surface area contributed by atoms with E-state index in [0.29, 0.717) is 24.4 Å². The van der Waals surface area contributed by atoms with Gasteiger partial charge in [0.2, 0.25) is 5.91 Å². The van der Waals surface area contributed by atoms with Crippen molar-refractivity contribution in [2.45, 2.75) is 59.8 Å². The first-order chi connectivity index (χ1) is 8.90. The number of hydrogen-bond donors (Lipinski definition) is 1. The number of carbonyl (C=O) groups excluding carboxylic acids is 1. The summed E-state index contributed by atoms with van der Waals surface area (Å²) in [5.41, 5.74) is 6.00. The SMILES string of the molecule is CCCN(CCN)C(=O)C1CCC(C(C)(C)C)CC1. The summed E-state index contributed by atoms with van der Waals surface area (Å²) in [5, 5.41) is 0. The molecule has 0 bridgehead atoms. The minimum absolute atomic E-state index is 0.247. The van der Waals surface area contributed by atoms with Crippen molar-refractivity contribution in [1.29, 1.82) is 0 Å². The number of hydrogen-bond acceptors (Lipinski definition) is 2. The molecule has 1 saturated carbocycles. The molecule has 0 unspecified atom stereocenters. The highest BCUT2D eigenvalue weighted by atomic mass is 16.2. The number of nitrogens with zero attached hydrogens (tertiary/aromatic N) is 1. The minimum atomic E-state index is 0.247. The second-order valence-corrected chi connectivity index (χ2v) is 7.03. The molecular weight excluding hydrogens is 236 g/mol. The number of carbonyl (C=O) groups is 1. The summed E-state index contributed by atoms with van der Waals surface area (Å²) in [4.78, 5) is 14.5. The molecule has 3 heteroatoms. The maximum Gasteiger partial charge on any atom is 0.225 e. The molecule has 0 radical (unpaired) electrons. The van der Waals surface area contributed by atoms with Crippen LogP contribution >= 0.6 is 0 Å². The number of amides is 1. The fraction of sp³-hybridized carbons (Fsp3) is 0.938. The van der Waals surface area contributed by atoms with Crippen LogP contribution in [0.2, 0.25) is 0 Å². The normalized spacial score (nSPS) is 24.3. The van der Waals surface area contributed by atoms with Crippen molar-refractivity contribution in [3.63, 3.8) is 0 Å². The first-order valence-corrected chi connectivity index (χ1v) is 7.89. The second-order valence-electron chi connectivity index (χ2n) is 7.03. The van der Waals surface area contributed by atoms with Crippen LogP contribution in [0, 0.1) is 17.3 Å². The molecule has 0 saturated heterocycles. The highest BCUT2D eigenvalue weighted by Gasteiger charge is 2.33. The van der Waals surface area contributed by atoms with Crippen LogP contribution in [-0.2, 0) is 4.79 Å². The van der Waals surface area contributed by atoms with Crippen molar-refractivity contribution in [2.24, 2.45) is 23.0 Å². The Labute approximate surface area is 118 Å². The smallest absolute Gasteiger partial charge is 0.225 e. The van der Waals surface area contributed by atoms with E-state index in [9.17, 15) is 4.79 Å². The largest absolute Gasteiger partial charge is 0.341 e. The zero-order valence-corrected chi connectivity index (χ0v) is 13.2. The number of rotatable bonds is 5. The summed E-state index contributed by atoms with van der Waals surface area (Å²) in [6.07, 6.45) is 5.53. The van der Waals surface area contributed by atoms with E-state index in [1.807, 2.05) is 4.90 Å². The molecule has 1 rings (SSSR count). The van der Waals surface area contributed by atoms with Crippen LogP contribution in [-0.4, -0.2) is 30.4 Å². The summed E-state index contributed by atoms with van der Waals surface area (Å²) in [7, 11) is 0. The van der Waals surface area contributed by atoms with Gasteiger partial charge in [-0.05, 0) is 43.4 Å². The Kier molecular flexibility index (Phi) is 6.31. The molecule has 112 valence electrons. The molecule has 1 fully saturated rings. The van der Waals surface area contributed by atoms with E-state index in [1.54, 1.807) is 0 Å². The molecule has 1 amide bonds. The molecule has 2 N–H and O–H groups in total. The summed E-state index contributed by atoms with van der Waals surface area (Å²) >= 11 is 0. The zero-order valence-electron chi connectivity index (χ0n) is 13.2. The Hall–Kier alpha value is -0.570. The maximum absolute atomic E-state index is 12.5. The van der Waals surface area contributed by atoms with E-state index >= 15 is 0 Å². The van der Waals surface area contributed by atoms with E-state index in [2.05, 4.69) is 27.7 Å². The zero-order chi connectivity index (χ0) is 14.5. The van der Waals surface area contributed by atoms with E-state index in [4.69, 9.17) is 5.73 Å². The standard InChI is InChI=1S/C16H32N2O/c1-5-11-18(12-10-17)15(19)13-6-8-14(9-7-13)16(2,3)4/h13-14H,5-12,17H2,1-4H3. The van der Waals surface area contributed by atoms with Gasteiger partial charge in [-0.2, -0.15) is 0 Å². The van der Waals surface area contributed by atoms with Crippen LogP contribution in [0.25, 0.3) is 0 Å². The Morgan fingerprint density at radius 2 is 1.74 bits per heavy atom. The minimum Gasteiger partial charge on any atom is -0.341 e. The topological polar surface area (TPSA) is 46.3 Å². The summed E-state index contributed by atoms with van der Waals surface area (Å²) in [6.45, 7) is 11.2. The fourth-order valence-electron chi connectivity index (χ4n) is 3.22. The summed E-state index contributed by atoms with van der Waals surface area (Å²) in [5.74, 6) is 1.36. The molecule has 0 heterocycles. The molecule has 0 atom stereocenters. The summed E-state index contributed by atoms with van der Waals surface area (Å²) in [6, 6.07) is 0. The van der Waals surface area contributed by atoms with Crippen LogP contribution in [0.5, 0.6) is 0 Å². The summed E-state index contributed by atoms with van der Waals surface area (Å²) < 4.78 is 0. The van der Waals surface area contributed by atoms with Gasteiger partial charge in [-0.15, -0.1) is 0 Å². The van der Waals surface area contributed by atoms with E-state index in [-0.39, 0.29) is 5.92 Å². The van der Waals surface area contributed by atoms with Gasteiger partial charge in [0.15, 0.2) is 0 Å². The molecule has 0 aromatic carbocycles. The Balaban J connectivity index is 2.51. The molecule has 1 aliphatic carbocycles. The van der Waals surface area contributed by atoms with Crippen molar-refractivity contribution in [3.8, 4) is 0 Å². The highest BCUT2D eigenvalue weighted by molar-refractivity contribution is 5.78. The van der Waals surface area contributed by atoms with Crippen LogP contribution in [0.3, 0.4) is 0 Å². The second kappa shape index (κ2) is 7.28. The highest BCUT2D eigenvalue weighted by Crippen LogP contribution is 2.40. The molecule has 0 aromatic heterocycles. The van der Waals surface area contributed by atoms with Crippen molar-refractivity contribution < 1.29 is 4.79 Å². The number of nitrogens with two attached hydrogens (primary N) is 1. The lowest BCUT2D eigenvalue weighted by molar-refractivity contribution is -0.137. The van der Waals surface area contributed by atoms with E-state index in [1.165, 1.54) is 12.8 Å². The molecule has 0 aliphatic heterocycles. The lowest BCUT2D eigenvalue weighted by Gasteiger charge is -2.38. The fourth-order valence-corrected chi connectivity index (χ4v) is 3.22.